The van der Waals surface area contributed by atoms with Crippen molar-refractivity contribution in [3.63, 3.8) is 0 Å². The fraction of sp³-hybridized carbons (Fsp3) is 0.462. The number of fused-ring (bicyclic) bond motifs is 1. The molecule has 1 N–H and O–H groups in total. The number of nitrogens with one attached hydrogen (secondary N) is 1. The molecule has 1 atom stereocenters. The third-order valence-electron chi connectivity index (χ3n) is 6.82. The molecule has 0 aromatic heterocycles. The standard InChI is InChI=1S/C26H33N3O4S/c1-3-25(30)29-23-12-11-22(34(32,33)28-15-7-4-8-16-28)17-21(23)18-24(29)26(31)27-14-13-20-10-6-5-9-19(20)2/h5-6,9-12,17,24H,3-4,7-8,13-16,18H2,1-2H3,(H,27,31). The average Bonchev–Trinajstić information content (AvgIpc) is 3.24. The Kier molecular flexibility index (Phi) is 7.38. The third-order valence-corrected chi connectivity index (χ3v) is 8.71. The Hall–Kier alpha value is -2.71. The van der Waals surface area contributed by atoms with Crippen LogP contribution in [0.5, 0.6) is 0 Å². The summed E-state index contributed by atoms with van der Waals surface area (Å²) >= 11 is 0. The summed E-state index contributed by atoms with van der Waals surface area (Å²) in [6, 6.07) is 12.3. The quantitative estimate of drug-likeness (QED) is 0.655. The second-order valence-electron chi connectivity index (χ2n) is 9.06. The largest absolute Gasteiger partial charge is 0.354 e. The van der Waals surface area contributed by atoms with E-state index in [4.69, 9.17) is 0 Å². The van der Waals surface area contributed by atoms with Crippen LogP contribution < -0.4 is 10.2 Å². The van der Waals surface area contributed by atoms with Gasteiger partial charge in [-0.3, -0.25) is 14.5 Å². The first-order valence-electron chi connectivity index (χ1n) is 12.1. The number of carbonyl (C=O) groups excluding carboxylic acids is 2. The Bertz CT molecular complexity index is 1170. The highest BCUT2D eigenvalue weighted by molar-refractivity contribution is 7.89. The SMILES string of the molecule is CCC(=O)N1c2ccc(S(=O)(=O)N3CCCCC3)cc2CC1C(=O)NCCc1ccccc1C. The molecule has 0 aliphatic carbocycles. The van der Waals surface area contributed by atoms with Gasteiger partial charge < -0.3 is 5.32 Å². The minimum Gasteiger partial charge on any atom is -0.354 e. The van der Waals surface area contributed by atoms with Crippen molar-refractivity contribution in [2.24, 2.45) is 0 Å². The molecule has 7 nitrogen and oxygen atoms in total. The number of aryl methyl sites for hydroxylation is 1. The van der Waals surface area contributed by atoms with Gasteiger partial charge in [-0.05, 0) is 61.1 Å². The molecule has 1 unspecified atom stereocenters. The van der Waals surface area contributed by atoms with Gasteiger partial charge in [-0.25, -0.2) is 8.42 Å². The monoisotopic (exact) mass is 483 g/mol. The lowest BCUT2D eigenvalue weighted by Crippen LogP contribution is -2.48. The van der Waals surface area contributed by atoms with Crippen molar-refractivity contribution in [3.8, 4) is 0 Å². The normalized spacial score (nSPS) is 18.5. The lowest BCUT2D eigenvalue weighted by atomic mass is 10.1. The summed E-state index contributed by atoms with van der Waals surface area (Å²) in [5.41, 5.74) is 3.70. The molecule has 182 valence electrons. The molecule has 2 aliphatic rings. The minimum absolute atomic E-state index is 0.149. The molecule has 2 aromatic carbocycles. The maximum atomic E-state index is 13.1. The van der Waals surface area contributed by atoms with E-state index < -0.39 is 16.1 Å². The number of anilines is 1. The second kappa shape index (κ2) is 10.3. The molecule has 0 saturated carbocycles. The van der Waals surface area contributed by atoms with Gasteiger partial charge in [0.1, 0.15) is 6.04 Å². The van der Waals surface area contributed by atoms with Crippen LogP contribution in [0.2, 0.25) is 0 Å². The topological polar surface area (TPSA) is 86.8 Å². The Morgan fingerprint density at radius 2 is 1.79 bits per heavy atom. The molecule has 4 rings (SSSR count). The van der Waals surface area contributed by atoms with Crippen molar-refractivity contribution >= 4 is 27.5 Å². The van der Waals surface area contributed by atoms with E-state index in [9.17, 15) is 18.0 Å². The van der Waals surface area contributed by atoms with Crippen LogP contribution in [0, 0.1) is 6.92 Å². The van der Waals surface area contributed by atoms with E-state index in [0.717, 1.165) is 24.8 Å². The summed E-state index contributed by atoms with van der Waals surface area (Å²) in [6.07, 6.45) is 4.06. The molecule has 8 heteroatoms. The predicted molar refractivity (Wildman–Crippen MR) is 132 cm³/mol. The highest BCUT2D eigenvalue weighted by Gasteiger charge is 2.38. The van der Waals surface area contributed by atoms with Crippen LogP contribution in [0.4, 0.5) is 5.69 Å². The molecule has 0 spiro atoms. The summed E-state index contributed by atoms with van der Waals surface area (Å²) in [4.78, 5) is 27.7. The Labute approximate surface area is 202 Å². The van der Waals surface area contributed by atoms with Crippen molar-refractivity contribution in [1.82, 2.24) is 9.62 Å². The highest BCUT2D eigenvalue weighted by atomic mass is 32.2. The zero-order chi connectivity index (χ0) is 24.3. The van der Waals surface area contributed by atoms with Crippen LogP contribution in [0.1, 0.15) is 49.3 Å². The number of nitrogens with zero attached hydrogens (tertiary/aromatic N) is 2. The van der Waals surface area contributed by atoms with E-state index in [-0.39, 0.29) is 23.1 Å². The van der Waals surface area contributed by atoms with Gasteiger partial charge in [-0.2, -0.15) is 4.31 Å². The summed E-state index contributed by atoms with van der Waals surface area (Å²) in [5.74, 6) is -0.364. The van der Waals surface area contributed by atoms with Gasteiger partial charge in [0.25, 0.3) is 0 Å². The lowest BCUT2D eigenvalue weighted by Gasteiger charge is -2.26. The molecule has 34 heavy (non-hydrogen) atoms. The zero-order valence-electron chi connectivity index (χ0n) is 19.9. The van der Waals surface area contributed by atoms with Crippen LogP contribution >= 0.6 is 0 Å². The minimum atomic E-state index is -3.58. The number of benzene rings is 2. The fourth-order valence-corrected chi connectivity index (χ4v) is 6.43. The Morgan fingerprint density at radius 1 is 1.06 bits per heavy atom. The van der Waals surface area contributed by atoms with Crippen LogP contribution in [-0.2, 0) is 32.5 Å². The lowest BCUT2D eigenvalue weighted by molar-refractivity contribution is -0.126. The van der Waals surface area contributed by atoms with Crippen molar-refractivity contribution in [3.05, 3.63) is 59.2 Å². The van der Waals surface area contributed by atoms with Gasteiger partial charge >= 0.3 is 0 Å². The molecule has 0 bridgehead atoms. The van der Waals surface area contributed by atoms with Crippen LogP contribution in [0.25, 0.3) is 0 Å². The molecule has 1 fully saturated rings. The van der Waals surface area contributed by atoms with E-state index >= 15 is 0 Å². The van der Waals surface area contributed by atoms with Crippen LogP contribution in [-0.4, -0.2) is 50.2 Å². The smallest absolute Gasteiger partial charge is 0.243 e. The van der Waals surface area contributed by atoms with Gasteiger partial charge in [0.05, 0.1) is 4.90 Å². The van der Waals surface area contributed by atoms with E-state index in [0.29, 0.717) is 38.2 Å². The molecule has 2 heterocycles. The number of sulfonamides is 1. The number of amides is 2. The fourth-order valence-electron chi connectivity index (χ4n) is 4.86. The Morgan fingerprint density at radius 3 is 2.50 bits per heavy atom. The molecule has 1 saturated heterocycles. The van der Waals surface area contributed by atoms with Gasteiger partial charge in [-0.15, -0.1) is 0 Å². The maximum absolute atomic E-state index is 13.1. The molecule has 0 radical (unpaired) electrons. The molecular formula is C26H33N3O4S. The number of rotatable bonds is 7. The van der Waals surface area contributed by atoms with Gasteiger partial charge in [0, 0.05) is 38.2 Å². The van der Waals surface area contributed by atoms with Crippen molar-refractivity contribution < 1.29 is 18.0 Å². The molecule has 2 aromatic rings. The summed E-state index contributed by atoms with van der Waals surface area (Å²) in [7, 11) is -3.58. The maximum Gasteiger partial charge on any atom is 0.243 e. The summed E-state index contributed by atoms with van der Waals surface area (Å²) < 4.78 is 27.8. The van der Waals surface area contributed by atoms with Gasteiger partial charge in [0.15, 0.2) is 0 Å². The number of hydrogen-bond donors (Lipinski definition) is 1. The average molecular weight is 484 g/mol. The second-order valence-corrected chi connectivity index (χ2v) is 11.0. The number of piperidine rings is 1. The first-order valence-corrected chi connectivity index (χ1v) is 13.5. The predicted octanol–water partition coefficient (Wildman–Crippen LogP) is 3.20. The van der Waals surface area contributed by atoms with E-state index in [1.54, 1.807) is 25.1 Å². The van der Waals surface area contributed by atoms with Gasteiger partial charge in [0.2, 0.25) is 21.8 Å². The molecule has 2 aliphatic heterocycles. The Balaban J connectivity index is 1.52. The van der Waals surface area contributed by atoms with Crippen molar-refractivity contribution in [2.75, 3.05) is 24.5 Å². The summed E-state index contributed by atoms with van der Waals surface area (Å²) in [6.45, 7) is 5.35. The van der Waals surface area contributed by atoms with Crippen LogP contribution in [0.3, 0.4) is 0 Å². The number of carbonyl (C=O) groups is 2. The zero-order valence-corrected chi connectivity index (χ0v) is 20.7. The van der Waals surface area contributed by atoms with E-state index in [2.05, 4.69) is 5.32 Å². The van der Waals surface area contributed by atoms with E-state index in [1.165, 1.54) is 20.3 Å². The third kappa shape index (κ3) is 4.88. The number of hydrogen-bond acceptors (Lipinski definition) is 4. The molecule has 2 amide bonds. The van der Waals surface area contributed by atoms with Gasteiger partial charge in [-0.1, -0.05) is 37.6 Å². The first-order chi connectivity index (χ1) is 16.3. The van der Waals surface area contributed by atoms with Crippen LogP contribution in [0.15, 0.2) is 47.4 Å². The summed E-state index contributed by atoms with van der Waals surface area (Å²) in [5, 5.41) is 2.98. The highest BCUT2D eigenvalue weighted by Crippen LogP contribution is 2.35. The first kappa shape index (κ1) is 24.4. The van der Waals surface area contributed by atoms with E-state index in [1.807, 2.05) is 31.2 Å². The van der Waals surface area contributed by atoms with Crippen molar-refractivity contribution in [2.45, 2.75) is 63.3 Å². The molecular weight excluding hydrogens is 450 g/mol. The van der Waals surface area contributed by atoms with Crippen molar-refractivity contribution in [1.29, 1.82) is 0 Å².